The monoisotopic (exact) mass is 98.0 g/mol. The minimum absolute atomic E-state index is 4.67. The van der Waals surface area contributed by atoms with Gasteiger partial charge in [0.15, 0.2) is 0 Å². The lowest BCUT2D eigenvalue weighted by molar-refractivity contribution is 0.381. The predicted octanol–water partition coefficient (Wildman–Crippen LogP) is -0.653. The molecule has 0 heterocycles. The van der Waals surface area contributed by atoms with Gasteiger partial charge in [-0.3, -0.25) is 9.11 Å². The van der Waals surface area contributed by atoms with E-state index in [2.05, 4.69) is 0 Å². The van der Waals surface area contributed by atoms with E-state index in [0.717, 1.165) is 0 Å². The highest BCUT2D eigenvalue weighted by Crippen LogP contribution is 1.59. The fourth-order valence-corrected chi connectivity index (χ4v) is 0. The third kappa shape index (κ3) is 801. The molecule has 0 fully saturated rings. The van der Waals surface area contributed by atoms with E-state index in [4.69, 9.17) is 17.5 Å². The molecule has 32 valence electrons. The van der Waals surface area contributed by atoms with Gasteiger partial charge in [0, 0.05) is 0 Å². The van der Waals surface area contributed by atoms with Crippen LogP contribution in [0.1, 0.15) is 0 Å². The van der Waals surface area contributed by atoms with Gasteiger partial charge in [-0.05, 0) is 0 Å². The maximum atomic E-state index is 8.74. The van der Waals surface area contributed by atoms with Crippen LogP contribution in [0.4, 0.5) is 0 Å². The molecule has 0 aromatic carbocycles. The minimum atomic E-state index is -4.67. The second-order valence-corrected chi connectivity index (χ2v) is 1.34. The minimum Gasteiger partial charge on any atom is -0.264 e. The van der Waals surface area contributed by atoms with Crippen LogP contribution in [0.25, 0.3) is 0 Å². The first kappa shape index (κ1) is 4.87. The van der Waals surface area contributed by atoms with Gasteiger partial charge in [-0.15, -0.1) is 0 Å². The van der Waals surface area contributed by atoms with Crippen LogP contribution in [-0.4, -0.2) is 17.5 Å². The van der Waals surface area contributed by atoms with Gasteiger partial charge in [-0.25, -0.2) is 0 Å². The van der Waals surface area contributed by atoms with Crippen LogP contribution in [0.5, 0.6) is 0 Å². The molecule has 0 amide bonds. The fraction of sp³-hybridized carbons (Fsp3) is 0. The van der Waals surface area contributed by atoms with E-state index < -0.39 is 10.4 Å². The molecular formula is H2O4S. The number of hydrogen-bond acceptors (Lipinski definition) is 2. The highest BCUT2D eigenvalue weighted by Gasteiger charge is 1.84. The summed E-state index contributed by atoms with van der Waals surface area (Å²) in [5, 5.41) is 0. The molecule has 0 saturated heterocycles. The van der Waals surface area contributed by atoms with Crippen molar-refractivity contribution in [3.63, 3.8) is 0 Å². The molecule has 0 aromatic rings. The zero-order chi connectivity index (χ0) is 4.50. The summed E-state index contributed by atoms with van der Waals surface area (Å²) in [5.41, 5.74) is 0. The van der Waals surface area contributed by atoms with Gasteiger partial charge in [-0.2, -0.15) is 8.42 Å². The molecule has 4 nitrogen and oxygen atoms in total. The van der Waals surface area contributed by atoms with Crippen LogP contribution < -0.4 is 0 Å². The average molecular weight is 98.1 g/mol. The fourth-order valence-electron chi connectivity index (χ4n) is 0. The molecule has 0 radical (unpaired) electrons. The summed E-state index contributed by atoms with van der Waals surface area (Å²) in [6.07, 6.45) is 0. The molecule has 0 spiro atoms. The molecule has 0 aromatic heterocycles. The van der Waals surface area contributed by atoms with Crippen LogP contribution in [0.2, 0.25) is 0 Å². The second kappa shape index (κ2) is 0.925. The van der Waals surface area contributed by atoms with Crippen LogP contribution in [0, 0.1) is 0 Å². The van der Waals surface area contributed by atoms with Gasteiger partial charge in [0.05, 0.1) is 0 Å². The third-order valence-corrected chi connectivity index (χ3v) is 0. The summed E-state index contributed by atoms with van der Waals surface area (Å²) >= 11 is 0. The van der Waals surface area contributed by atoms with Crippen LogP contribution in [-0.2, 0) is 10.4 Å². The molecule has 0 bridgehead atoms. The van der Waals surface area contributed by atoms with Crippen LogP contribution in [0.15, 0.2) is 0 Å². The Balaban J connectivity index is 4.06. The Morgan fingerprint density at radius 1 is 1.20 bits per heavy atom. The molecule has 0 atom stereocenters. The van der Waals surface area contributed by atoms with Crippen LogP contribution in [0.3, 0.4) is 0 Å². The van der Waals surface area contributed by atoms with E-state index in [1.54, 1.807) is 0 Å². The van der Waals surface area contributed by atoms with Crippen molar-refractivity contribution in [2.75, 3.05) is 0 Å². The van der Waals surface area contributed by atoms with Gasteiger partial charge in [0.1, 0.15) is 0 Å². The molecule has 5 heavy (non-hydrogen) atoms. The first-order valence-corrected chi connectivity index (χ1v) is 2.10. The van der Waals surface area contributed by atoms with Crippen molar-refractivity contribution in [3.05, 3.63) is 0 Å². The van der Waals surface area contributed by atoms with Crippen molar-refractivity contribution in [2.45, 2.75) is 0 Å². The normalized spacial score (nSPS) is 11.6. The van der Waals surface area contributed by atoms with Crippen molar-refractivity contribution in [2.24, 2.45) is 0 Å². The van der Waals surface area contributed by atoms with Gasteiger partial charge < -0.3 is 0 Å². The molecule has 0 aliphatic heterocycles. The molecule has 0 saturated carbocycles. The standard InChI is InChI=1S/H2O4S/c1-5(2,3)4/h(H2,1,2,3,4)/i1+0,2+0,3+0,4+0. The van der Waals surface area contributed by atoms with Crippen molar-refractivity contribution in [1.29, 1.82) is 0 Å². The Labute approximate surface area is 29.0 Å². The summed E-state index contributed by atoms with van der Waals surface area (Å²) in [5.74, 6) is 0. The van der Waals surface area contributed by atoms with Crippen molar-refractivity contribution in [1.82, 2.24) is 0 Å². The number of hydrogen-bond donors (Lipinski definition) is 2. The van der Waals surface area contributed by atoms with Crippen molar-refractivity contribution < 1.29 is 17.5 Å². The van der Waals surface area contributed by atoms with E-state index in [0.29, 0.717) is 0 Å². The third-order valence-electron chi connectivity index (χ3n) is 0. The lowest BCUT2D eigenvalue weighted by Gasteiger charge is -1.68. The average Bonchev–Trinajstić information content (AvgIpc) is 0.722. The van der Waals surface area contributed by atoms with E-state index in [1.807, 2.05) is 0 Å². The zero-order valence-corrected chi connectivity index (χ0v) is 2.94. The SMILES string of the molecule is [16O]=S(=[16O])([16OH])[16OH]. The summed E-state index contributed by atoms with van der Waals surface area (Å²) < 4.78 is 31.6. The Kier molecular flexibility index (Phi) is 0.901. The molecule has 2 N–H and O–H groups in total. The second-order valence-electron chi connectivity index (χ2n) is 0.448. The van der Waals surface area contributed by atoms with Gasteiger partial charge in [0.25, 0.3) is 0 Å². The van der Waals surface area contributed by atoms with Crippen LogP contribution >= 0.6 is 0 Å². The smallest absolute Gasteiger partial charge is 0.264 e. The van der Waals surface area contributed by atoms with E-state index in [9.17, 15) is 0 Å². The molecule has 0 rings (SSSR count). The lowest BCUT2D eigenvalue weighted by Crippen LogP contribution is -1.89. The maximum absolute atomic E-state index is 8.74. The largest absolute Gasteiger partial charge is 0.394 e. The molecule has 0 aliphatic rings. The molecule has 5 heteroatoms. The Morgan fingerprint density at radius 2 is 1.20 bits per heavy atom. The first-order chi connectivity index (χ1) is 2.00. The summed E-state index contributed by atoms with van der Waals surface area (Å²) in [7, 11) is -4.67. The van der Waals surface area contributed by atoms with Gasteiger partial charge in [0.2, 0.25) is 0 Å². The highest BCUT2D eigenvalue weighted by molar-refractivity contribution is 7.79. The van der Waals surface area contributed by atoms with E-state index in [-0.39, 0.29) is 0 Å². The highest BCUT2D eigenvalue weighted by atomic mass is 32.3. The summed E-state index contributed by atoms with van der Waals surface area (Å²) in [4.78, 5) is 0. The Bertz CT molecular complexity index is 86.8. The summed E-state index contributed by atoms with van der Waals surface area (Å²) in [6, 6.07) is 0. The molecule has 0 aliphatic carbocycles. The maximum Gasteiger partial charge on any atom is 0.394 e. The Hall–Kier alpha value is -0.130. The first-order valence-electron chi connectivity index (χ1n) is 0.698. The van der Waals surface area contributed by atoms with Crippen molar-refractivity contribution in [3.8, 4) is 0 Å². The van der Waals surface area contributed by atoms with Gasteiger partial charge >= 0.3 is 10.4 Å². The lowest BCUT2D eigenvalue weighted by atomic mass is 15.8. The Morgan fingerprint density at radius 3 is 1.20 bits per heavy atom. The van der Waals surface area contributed by atoms with E-state index >= 15 is 0 Å². The van der Waals surface area contributed by atoms with Crippen molar-refractivity contribution >= 4 is 10.4 Å². The van der Waals surface area contributed by atoms with E-state index in [1.165, 1.54) is 0 Å². The number of rotatable bonds is 0. The quantitative estimate of drug-likeness (QED) is 0.395. The molecular weight excluding hydrogens is 96.0 g/mol. The van der Waals surface area contributed by atoms with Gasteiger partial charge in [-0.1, -0.05) is 0 Å². The summed E-state index contributed by atoms with van der Waals surface area (Å²) in [6.45, 7) is 0. The predicted molar refractivity (Wildman–Crippen MR) is 14.2 cm³/mol. The topological polar surface area (TPSA) is 74.6 Å². The molecule has 0 unspecified atom stereocenters. The zero-order valence-electron chi connectivity index (χ0n) is 2.12.